The van der Waals surface area contributed by atoms with E-state index in [4.69, 9.17) is 4.74 Å². The number of thiophene rings is 1. The molecule has 0 saturated heterocycles. The highest BCUT2D eigenvalue weighted by Crippen LogP contribution is 2.38. The lowest BCUT2D eigenvalue weighted by molar-refractivity contribution is -0.111. The number of amides is 2. The number of alkyl carbamates (subject to hydrolysis) is 1. The molecule has 1 aliphatic carbocycles. The summed E-state index contributed by atoms with van der Waals surface area (Å²) in [7, 11) is 0. The molecule has 0 aliphatic heterocycles. The lowest BCUT2D eigenvalue weighted by atomic mass is 9.94. The number of anilines is 1. The fraction of sp³-hybridized carbons (Fsp3) is 0.333. The predicted octanol–water partition coefficient (Wildman–Crippen LogP) is 3.66. The van der Waals surface area contributed by atoms with Crippen molar-refractivity contribution in [3.63, 3.8) is 0 Å². The first kappa shape index (κ1) is 20.6. The first-order valence-corrected chi connectivity index (χ1v) is 10.3. The van der Waals surface area contributed by atoms with E-state index in [1.165, 1.54) is 17.4 Å². The molecule has 2 aromatic rings. The van der Waals surface area contributed by atoms with Crippen LogP contribution < -0.4 is 10.6 Å². The van der Waals surface area contributed by atoms with E-state index in [1.54, 1.807) is 24.5 Å². The standard InChI is InChI=1S/C21H22N4O3S/c1-2-9-24-21(27)28-15-6-7-16-17(12-22)20(29-18(16)11-15)25-19(26)8-5-14-4-3-10-23-13-14/h3-5,8,10,13,15H,2,6-7,9,11H2,1H3,(H,24,27)(H,25,26). The van der Waals surface area contributed by atoms with Gasteiger partial charge in [-0.05, 0) is 42.5 Å². The van der Waals surface area contributed by atoms with Gasteiger partial charge in [0, 0.05) is 36.3 Å². The third kappa shape index (κ3) is 5.42. The molecule has 3 rings (SSSR count). The topological polar surface area (TPSA) is 104 Å². The Morgan fingerprint density at radius 3 is 3.07 bits per heavy atom. The molecule has 29 heavy (non-hydrogen) atoms. The number of rotatable bonds is 6. The number of carbonyl (C=O) groups is 2. The van der Waals surface area contributed by atoms with Gasteiger partial charge in [0.2, 0.25) is 5.91 Å². The molecule has 2 amide bonds. The highest BCUT2D eigenvalue weighted by molar-refractivity contribution is 7.16. The van der Waals surface area contributed by atoms with Crippen LogP contribution in [-0.2, 0) is 22.4 Å². The maximum atomic E-state index is 12.3. The van der Waals surface area contributed by atoms with Gasteiger partial charge in [-0.15, -0.1) is 11.3 Å². The Morgan fingerprint density at radius 1 is 1.48 bits per heavy atom. The lowest BCUT2D eigenvalue weighted by Gasteiger charge is -2.22. The van der Waals surface area contributed by atoms with Crippen molar-refractivity contribution >= 4 is 34.4 Å². The van der Waals surface area contributed by atoms with Crippen molar-refractivity contribution in [1.82, 2.24) is 10.3 Å². The van der Waals surface area contributed by atoms with Crippen LogP contribution in [0.25, 0.3) is 6.08 Å². The Bertz CT molecular complexity index is 947. The zero-order chi connectivity index (χ0) is 20.6. The van der Waals surface area contributed by atoms with E-state index in [9.17, 15) is 14.9 Å². The Labute approximate surface area is 173 Å². The SMILES string of the molecule is CCCNC(=O)OC1CCc2c(sc(NC(=O)C=Cc3cccnc3)c2C#N)C1. The Balaban J connectivity index is 1.66. The van der Waals surface area contributed by atoms with Crippen LogP contribution in [0.2, 0.25) is 0 Å². The van der Waals surface area contributed by atoms with Gasteiger partial charge in [0.15, 0.2) is 0 Å². The van der Waals surface area contributed by atoms with Crippen LogP contribution in [0.4, 0.5) is 9.80 Å². The van der Waals surface area contributed by atoms with Crippen LogP contribution >= 0.6 is 11.3 Å². The summed E-state index contributed by atoms with van der Waals surface area (Å²) in [5.74, 6) is -0.310. The van der Waals surface area contributed by atoms with Gasteiger partial charge < -0.3 is 15.4 Å². The number of carbonyl (C=O) groups excluding carboxylic acids is 2. The second kappa shape index (κ2) is 9.85. The van der Waals surface area contributed by atoms with Crippen molar-refractivity contribution in [3.05, 3.63) is 52.2 Å². The van der Waals surface area contributed by atoms with Crippen molar-refractivity contribution in [2.24, 2.45) is 0 Å². The minimum Gasteiger partial charge on any atom is -0.446 e. The first-order valence-electron chi connectivity index (χ1n) is 9.49. The van der Waals surface area contributed by atoms with E-state index in [0.717, 1.165) is 22.4 Å². The van der Waals surface area contributed by atoms with Crippen molar-refractivity contribution in [1.29, 1.82) is 5.26 Å². The van der Waals surface area contributed by atoms with Gasteiger partial charge in [0.1, 0.15) is 17.2 Å². The molecule has 0 aromatic carbocycles. The number of hydrogen-bond donors (Lipinski definition) is 2. The summed E-state index contributed by atoms with van der Waals surface area (Å²) < 4.78 is 5.47. The molecule has 1 atom stereocenters. The zero-order valence-corrected chi connectivity index (χ0v) is 16.9. The second-order valence-electron chi connectivity index (χ2n) is 6.63. The van der Waals surface area contributed by atoms with Gasteiger partial charge in [0.05, 0.1) is 5.56 Å². The number of nitrogens with zero attached hydrogens (tertiary/aromatic N) is 2. The molecule has 150 valence electrons. The normalized spacial score (nSPS) is 15.4. The maximum Gasteiger partial charge on any atom is 0.407 e. The maximum absolute atomic E-state index is 12.3. The van der Waals surface area contributed by atoms with E-state index in [1.807, 2.05) is 13.0 Å². The van der Waals surface area contributed by atoms with Gasteiger partial charge in [0.25, 0.3) is 0 Å². The first-order chi connectivity index (χ1) is 14.1. The van der Waals surface area contributed by atoms with E-state index in [2.05, 4.69) is 21.7 Å². The minimum atomic E-state index is -0.411. The monoisotopic (exact) mass is 410 g/mol. The molecule has 0 fully saturated rings. The molecular weight excluding hydrogens is 388 g/mol. The highest BCUT2D eigenvalue weighted by Gasteiger charge is 2.28. The molecule has 2 aromatic heterocycles. The van der Waals surface area contributed by atoms with Crippen LogP contribution in [0.3, 0.4) is 0 Å². The molecule has 0 bridgehead atoms. The van der Waals surface area contributed by atoms with Crippen molar-refractivity contribution in [2.75, 3.05) is 11.9 Å². The number of hydrogen-bond acceptors (Lipinski definition) is 6. The van der Waals surface area contributed by atoms with Crippen LogP contribution in [-0.4, -0.2) is 29.6 Å². The van der Waals surface area contributed by atoms with Crippen LogP contribution in [0.15, 0.2) is 30.6 Å². The molecule has 2 heterocycles. The molecular formula is C21H22N4O3S. The summed E-state index contributed by atoms with van der Waals surface area (Å²) in [5.41, 5.74) is 2.26. The van der Waals surface area contributed by atoms with Crippen molar-refractivity contribution in [3.8, 4) is 6.07 Å². The van der Waals surface area contributed by atoms with Crippen LogP contribution in [0.1, 0.15) is 41.3 Å². The average Bonchev–Trinajstić information content (AvgIpc) is 3.07. The molecule has 0 saturated carbocycles. The predicted molar refractivity (Wildman–Crippen MR) is 112 cm³/mol. The summed E-state index contributed by atoms with van der Waals surface area (Å²) in [4.78, 5) is 29.0. The summed E-state index contributed by atoms with van der Waals surface area (Å²) in [5, 5.41) is 15.6. The van der Waals surface area contributed by atoms with E-state index >= 15 is 0 Å². The number of aromatic nitrogens is 1. The Kier molecular flexibility index (Phi) is 6.98. The number of ether oxygens (including phenoxy) is 1. The van der Waals surface area contributed by atoms with Gasteiger partial charge in [-0.25, -0.2) is 4.79 Å². The van der Waals surface area contributed by atoms with Crippen LogP contribution in [0.5, 0.6) is 0 Å². The molecule has 0 spiro atoms. The smallest absolute Gasteiger partial charge is 0.407 e. The number of fused-ring (bicyclic) bond motifs is 1. The third-order valence-corrected chi connectivity index (χ3v) is 5.64. The Hall–Kier alpha value is -3.18. The number of pyridine rings is 1. The van der Waals surface area contributed by atoms with Crippen LogP contribution in [0, 0.1) is 11.3 Å². The summed E-state index contributed by atoms with van der Waals surface area (Å²) in [6.07, 6.45) is 8.47. The largest absolute Gasteiger partial charge is 0.446 e. The molecule has 1 aliphatic rings. The van der Waals surface area contributed by atoms with Gasteiger partial charge in [-0.3, -0.25) is 9.78 Å². The third-order valence-electron chi connectivity index (χ3n) is 4.47. The summed E-state index contributed by atoms with van der Waals surface area (Å²) in [6.45, 7) is 2.56. The quantitative estimate of drug-likeness (QED) is 0.707. The molecule has 0 radical (unpaired) electrons. The molecule has 1 unspecified atom stereocenters. The summed E-state index contributed by atoms with van der Waals surface area (Å²) >= 11 is 1.37. The molecule has 7 nitrogen and oxygen atoms in total. The molecule has 2 N–H and O–H groups in total. The van der Waals surface area contributed by atoms with Gasteiger partial charge in [-0.2, -0.15) is 5.26 Å². The molecule has 8 heteroatoms. The average molecular weight is 410 g/mol. The van der Waals surface area contributed by atoms with E-state index in [0.29, 0.717) is 36.4 Å². The lowest BCUT2D eigenvalue weighted by Crippen LogP contribution is -2.32. The van der Waals surface area contributed by atoms with Gasteiger partial charge >= 0.3 is 6.09 Å². The zero-order valence-electron chi connectivity index (χ0n) is 16.1. The van der Waals surface area contributed by atoms with Crippen molar-refractivity contribution < 1.29 is 14.3 Å². The van der Waals surface area contributed by atoms with E-state index in [-0.39, 0.29) is 12.0 Å². The number of nitrogens with one attached hydrogen (secondary N) is 2. The minimum absolute atomic E-state index is 0.224. The second-order valence-corrected chi connectivity index (χ2v) is 7.73. The van der Waals surface area contributed by atoms with E-state index < -0.39 is 6.09 Å². The number of nitriles is 1. The fourth-order valence-corrected chi connectivity index (χ4v) is 4.35. The Morgan fingerprint density at radius 2 is 2.34 bits per heavy atom. The summed E-state index contributed by atoms with van der Waals surface area (Å²) in [6, 6.07) is 5.84. The van der Waals surface area contributed by atoms with Gasteiger partial charge in [-0.1, -0.05) is 13.0 Å². The highest BCUT2D eigenvalue weighted by atomic mass is 32.1. The van der Waals surface area contributed by atoms with Crippen molar-refractivity contribution in [2.45, 2.75) is 38.7 Å². The fourth-order valence-electron chi connectivity index (χ4n) is 3.08.